The topological polar surface area (TPSA) is 44.1 Å². The second kappa shape index (κ2) is 10.9. The van der Waals surface area contributed by atoms with Gasteiger partial charge in [-0.05, 0) is 47.7 Å². The summed E-state index contributed by atoms with van der Waals surface area (Å²) in [5, 5.41) is 3.21. The number of ether oxygens (including phenoxy) is 1. The van der Waals surface area contributed by atoms with Crippen LogP contribution in [0, 0.1) is 18.5 Å². The van der Waals surface area contributed by atoms with Gasteiger partial charge in [0.15, 0.2) is 0 Å². The SMILES string of the molecule is CC(C)(C)c1ccnc([Si](C)(C)[n+]2[c-]n(-c3[c-]c(Oc4[c-]cc5c(c4)oc4ccccc45)ccc3)c3ccccc32)c1.[Pt]. The number of hydrogen-bond acceptors (Lipinski definition) is 3. The van der Waals surface area contributed by atoms with E-state index in [1.54, 1.807) is 0 Å². The van der Waals surface area contributed by atoms with Crippen molar-refractivity contribution in [2.75, 3.05) is 0 Å². The van der Waals surface area contributed by atoms with Crippen LogP contribution in [0.1, 0.15) is 26.3 Å². The van der Waals surface area contributed by atoms with Gasteiger partial charge < -0.3 is 18.0 Å². The number of benzene rings is 4. The third-order valence-corrected chi connectivity index (χ3v) is 10.9. The molecule has 0 saturated carbocycles. The Bertz CT molecular complexity index is 2110. The Morgan fingerprint density at radius 1 is 0.860 bits per heavy atom. The number of pyridine rings is 1. The molecule has 0 atom stereocenters. The van der Waals surface area contributed by atoms with E-state index >= 15 is 0 Å². The van der Waals surface area contributed by atoms with Crippen molar-refractivity contribution in [3.05, 3.63) is 121 Å². The van der Waals surface area contributed by atoms with Crippen LogP contribution < -0.4 is 14.3 Å². The fourth-order valence-electron chi connectivity index (χ4n) is 5.45. The summed E-state index contributed by atoms with van der Waals surface area (Å²) in [6, 6.07) is 37.2. The second-order valence-corrected chi connectivity index (χ2v) is 16.3. The van der Waals surface area contributed by atoms with Gasteiger partial charge in [-0.1, -0.05) is 80.4 Å². The quantitative estimate of drug-likeness (QED) is 0.134. The molecule has 7 heteroatoms. The first-order valence-electron chi connectivity index (χ1n) is 14.1. The van der Waals surface area contributed by atoms with Gasteiger partial charge in [-0.3, -0.25) is 4.98 Å². The summed E-state index contributed by atoms with van der Waals surface area (Å²) in [6.07, 6.45) is 5.62. The van der Waals surface area contributed by atoms with Gasteiger partial charge in [0, 0.05) is 49.9 Å². The molecule has 43 heavy (non-hydrogen) atoms. The molecule has 0 N–H and O–H groups in total. The van der Waals surface area contributed by atoms with Crippen molar-refractivity contribution in [2.24, 2.45) is 0 Å². The number of nitrogens with zero attached hydrogens (tertiary/aromatic N) is 3. The summed E-state index contributed by atoms with van der Waals surface area (Å²) in [6.45, 7) is 11.4. The van der Waals surface area contributed by atoms with Crippen LogP contribution >= 0.6 is 0 Å². The maximum atomic E-state index is 6.24. The Hall–Kier alpha value is -3.99. The van der Waals surface area contributed by atoms with Crippen molar-refractivity contribution in [2.45, 2.75) is 39.3 Å². The van der Waals surface area contributed by atoms with Gasteiger partial charge in [-0.15, -0.1) is 18.2 Å². The van der Waals surface area contributed by atoms with E-state index in [-0.39, 0.29) is 26.5 Å². The van der Waals surface area contributed by atoms with Gasteiger partial charge in [0.2, 0.25) is 6.33 Å². The Morgan fingerprint density at radius 2 is 1.65 bits per heavy atom. The van der Waals surface area contributed by atoms with Crippen LogP contribution in [0.3, 0.4) is 0 Å². The molecule has 3 aromatic heterocycles. The molecule has 218 valence electrons. The van der Waals surface area contributed by atoms with Crippen molar-refractivity contribution >= 4 is 46.5 Å². The van der Waals surface area contributed by atoms with Gasteiger partial charge in [-0.25, -0.2) is 0 Å². The average Bonchev–Trinajstić information content (AvgIpc) is 3.56. The van der Waals surface area contributed by atoms with E-state index in [2.05, 4.69) is 104 Å². The molecular weight excluding hydrogens is 730 g/mol. The predicted octanol–water partition coefficient (Wildman–Crippen LogP) is 7.66. The first kappa shape index (κ1) is 29.1. The summed E-state index contributed by atoms with van der Waals surface area (Å²) < 4.78 is 16.7. The Kier molecular flexibility index (Phi) is 7.39. The number of furan rings is 1. The molecule has 0 unspecified atom stereocenters. The summed E-state index contributed by atoms with van der Waals surface area (Å²) in [5.41, 5.74) is 5.95. The van der Waals surface area contributed by atoms with Gasteiger partial charge in [0.25, 0.3) is 8.24 Å². The molecule has 0 radical (unpaired) electrons. The van der Waals surface area contributed by atoms with E-state index in [0.717, 1.165) is 44.0 Å². The number of para-hydroxylation sites is 3. The summed E-state index contributed by atoms with van der Waals surface area (Å²) in [5.74, 6) is 1.16. The fourth-order valence-corrected chi connectivity index (χ4v) is 7.72. The zero-order valence-electron chi connectivity index (χ0n) is 24.7. The molecule has 7 aromatic rings. The molecule has 0 spiro atoms. The van der Waals surface area contributed by atoms with Crippen LogP contribution in [0.4, 0.5) is 0 Å². The van der Waals surface area contributed by atoms with E-state index < -0.39 is 8.24 Å². The van der Waals surface area contributed by atoms with Crippen LogP contribution in [0.15, 0.2) is 102 Å². The number of rotatable bonds is 5. The van der Waals surface area contributed by atoms with Gasteiger partial charge >= 0.3 is 0 Å². The largest absolute Gasteiger partial charge is 0.510 e. The first-order valence-corrected chi connectivity index (χ1v) is 17.1. The van der Waals surface area contributed by atoms with Crippen molar-refractivity contribution in [3.8, 4) is 17.2 Å². The van der Waals surface area contributed by atoms with E-state index in [0.29, 0.717) is 11.5 Å². The van der Waals surface area contributed by atoms with Crippen LogP contribution in [-0.4, -0.2) is 17.8 Å². The minimum absolute atomic E-state index is 0. The van der Waals surface area contributed by atoms with E-state index in [1.165, 1.54) is 5.56 Å². The molecule has 0 bridgehead atoms. The molecule has 7 rings (SSSR count). The zero-order valence-corrected chi connectivity index (χ0v) is 28.0. The Morgan fingerprint density at radius 3 is 2.49 bits per heavy atom. The fraction of sp³-hybridized carbons (Fsp3) is 0.167. The number of hydrogen-bond donors (Lipinski definition) is 0. The molecule has 0 aliphatic carbocycles. The molecule has 0 saturated heterocycles. The van der Waals surface area contributed by atoms with Crippen molar-refractivity contribution in [3.63, 3.8) is 0 Å². The van der Waals surface area contributed by atoms with E-state index in [4.69, 9.17) is 14.1 Å². The third-order valence-electron chi connectivity index (χ3n) is 7.87. The van der Waals surface area contributed by atoms with Crippen LogP contribution in [0.25, 0.3) is 38.7 Å². The molecule has 0 fully saturated rings. The second-order valence-electron chi connectivity index (χ2n) is 12.2. The first-order chi connectivity index (χ1) is 20.2. The minimum atomic E-state index is -2.29. The standard InChI is InChI=1S/C36H31N3O2Si.Pt/c1-36(2,3)25-19-20-37-35(21-25)42(4,5)39-24-38(31-14-7-8-15-32(31)39)26-11-10-12-27(22-26)40-28-17-18-30-29-13-6-9-16-33(29)41-34(30)23-28;/h6-16,18-21,23H,1-5H3;/q-2;. The normalized spacial score (nSPS) is 12.1. The Balaban J connectivity index is 0.00000329. The summed E-state index contributed by atoms with van der Waals surface area (Å²) in [4.78, 5) is 4.86. The van der Waals surface area contributed by atoms with E-state index in [1.807, 2.05) is 54.7 Å². The van der Waals surface area contributed by atoms with Gasteiger partial charge in [0.05, 0.1) is 10.8 Å². The minimum Gasteiger partial charge on any atom is -0.510 e. The maximum absolute atomic E-state index is 6.24. The number of aromatic nitrogens is 3. The molecule has 0 aliphatic rings. The van der Waals surface area contributed by atoms with Crippen LogP contribution in [0.5, 0.6) is 11.5 Å². The molecular formula is C36H31N3O2PtSi-2. The summed E-state index contributed by atoms with van der Waals surface area (Å²) >= 11 is 0. The zero-order chi connectivity index (χ0) is 29.1. The van der Waals surface area contributed by atoms with Crippen molar-refractivity contribution < 1.29 is 34.5 Å². The van der Waals surface area contributed by atoms with Crippen molar-refractivity contribution in [1.82, 2.24) is 9.55 Å². The van der Waals surface area contributed by atoms with Gasteiger partial charge in [-0.2, -0.15) is 18.2 Å². The summed E-state index contributed by atoms with van der Waals surface area (Å²) in [7, 11) is -2.29. The average molecular weight is 761 g/mol. The number of imidazole rings is 1. The molecule has 5 nitrogen and oxygen atoms in total. The monoisotopic (exact) mass is 760 g/mol. The maximum Gasteiger partial charge on any atom is 0.292 e. The van der Waals surface area contributed by atoms with Crippen LogP contribution in [-0.2, 0) is 26.5 Å². The van der Waals surface area contributed by atoms with Gasteiger partial charge in [0.1, 0.15) is 5.58 Å². The molecule has 3 heterocycles. The van der Waals surface area contributed by atoms with Crippen molar-refractivity contribution in [1.29, 1.82) is 0 Å². The third kappa shape index (κ3) is 5.24. The van der Waals surface area contributed by atoms with E-state index in [9.17, 15) is 0 Å². The molecule has 4 aromatic carbocycles. The molecule has 0 amide bonds. The molecule has 0 aliphatic heterocycles. The smallest absolute Gasteiger partial charge is 0.292 e. The van der Waals surface area contributed by atoms with Crippen LogP contribution in [0.2, 0.25) is 13.1 Å². The Labute approximate surface area is 267 Å². The number of fused-ring (bicyclic) bond motifs is 4. The predicted molar refractivity (Wildman–Crippen MR) is 169 cm³/mol.